The monoisotopic (exact) mass is 330 g/mol. The van der Waals surface area contributed by atoms with E-state index in [1.54, 1.807) is 0 Å². The fourth-order valence-electron chi connectivity index (χ4n) is 4.63. The van der Waals surface area contributed by atoms with Gasteiger partial charge in [0, 0.05) is 24.6 Å². The highest BCUT2D eigenvalue weighted by atomic mass is 16.5. The van der Waals surface area contributed by atoms with Gasteiger partial charge in [0.05, 0.1) is 6.04 Å². The fourth-order valence-corrected chi connectivity index (χ4v) is 4.63. The lowest BCUT2D eigenvalue weighted by Gasteiger charge is -2.31. The van der Waals surface area contributed by atoms with Crippen LogP contribution in [0.5, 0.6) is 5.75 Å². The van der Waals surface area contributed by atoms with Crippen molar-refractivity contribution in [2.24, 2.45) is 5.92 Å². The van der Waals surface area contributed by atoms with Crippen molar-refractivity contribution in [3.05, 3.63) is 67.0 Å². The summed E-state index contributed by atoms with van der Waals surface area (Å²) in [5.41, 5.74) is 1.27. The van der Waals surface area contributed by atoms with Gasteiger partial charge < -0.3 is 9.64 Å². The van der Waals surface area contributed by atoms with Gasteiger partial charge in [0.1, 0.15) is 11.9 Å². The number of hydrogen-bond acceptors (Lipinski definition) is 3. The molecule has 2 aliphatic rings. The number of rotatable bonds is 3. The van der Waals surface area contributed by atoms with Crippen LogP contribution in [0, 0.1) is 5.92 Å². The van der Waals surface area contributed by atoms with Crippen LogP contribution in [0.3, 0.4) is 0 Å². The molecule has 0 bridgehead atoms. The van der Waals surface area contributed by atoms with Gasteiger partial charge in [-0.15, -0.1) is 0 Å². The summed E-state index contributed by atoms with van der Waals surface area (Å²) in [5.74, 6) is 1.74. The van der Waals surface area contributed by atoms with Gasteiger partial charge in [0.2, 0.25) is 0 Å². The molecule has 2 fully saturated rings. The van der Waals surface area contributed by atoms with E-state index in [0.717, 1.165) is 24.6 Å². The van der Waals surface area contributed by atoms with E-state index in [1.807, 2.05) is 12.4 Å². The van der Waals surface area contributed by atoms with Gasteiger partial charge >= 0.3 is 0 Å². The van der Waals surface area contributed by atoms with Crippen molar-refractivity contribution >= 4 is 16.5 Å². The molecule has 1 saturated carbocycles. The predicted molar refractivity (Wildman–Crippen MR) is 101 cm³/mol. The third-order valence-corrected chi connectivity index (χ3v) is 5.79. The highest BCUT2D eigenvalue weighted by molar-refractivity contribution is 5.83. The first kappa shape index (κ1) is 14.8. The Hall–Kier alpha value is -2.55. The lowest BCUT2D eigenvalue weighted by Crippen LogP contribution is -2.41. The zero-order chi connectivity index (χ0) is 16.6. The summed E-state index contributed by atoms with van der Waals surface area (Å²) >= 11 is 0. The van der Waals surface area contributed by atoms with Gasteiger partial charge in [-0.2, -0.15) is 0 Å². The normalized spacial score (nSPS) is 25.3. The number of anilines is 1. The van der Waals surface area contributed by atoms with Crippen LogP contribution in [0.1, 0.15) is 19.3 Å². The molecule has 0 N–H and O–H groups in total. The summed E-state index contributed by atoms with van der Waals surface area (Å²) in [6.45, 7) is 1.12. The number of pyridine rings is 1. The van der Waals surface area contributed by atoms with Crippen LogP contribution >= 0.6 is 0 Å². The first-order valence-corrected chi connectivity index (χ1v) is 9.21. The van der Waals surface area contributed by atoms with E-state index in [0.29, 0.717) is 6.04 Å². The Morgan fingerprint density at radius 3 is 2.60 bits per heavy atom. The molecule has 0 unspecified atom stereocenters. The van der Waals surface area contributed by atoms with Crippen LogP contribution in [0.4, 0.5) is 5.69 Å². The van der Waals surface area contributed by atoms with E-state index in [1.165, 1.54) is 29.3 Å². The second kappa shape index (κ2) is 6.07. The SMILES string of the molecule is c1ccc2cc(O[C@H]3CC[C@@H]4CCN(c5ccncc5)[C@@H]43)ccc2c1. The van der Waals surface area contributed by atoms with Gasteiger partial charge in [-0.05, 0) is 60.2 Å². The molecule has 3 atom stereocenters. The lowest BCUT2D eigenvalue weighted by molar-refractivity contribution is 0.187. The number of fused-ring (bicyclic) bond motifs is 2. The third-order valence-electron chi connectivity index (χ3n) is 5.79. The Bertz CT molecular complexity index is 879. The third kappa shape index (κ3) is 2.64. The summed E-state index contributed by atoms with van der Waals surface area (Å²) in [5, 5.41) is 2.50. The Morgan fingerprint density at radius 2 is 1.72 bits per heavy atom. The summed E-state index contributed by atoms with van der Waals surface area (Å²) in [6, 6.07) is 19.6. The fraction of sp³-hybridized carbons (Fsp3) is 0.318. The van der Waals surface area contributed by atoms with E-state index in [9.17, 15) is 0 Å². The Balaban J connectivity index is 1.41. The first-order valence-electron chi connectivity index (χ1n) is 9.21. The maximum atomic E-state index is 6.49. The average molecular weight is 330 g/mol. The molecular formula is C22H22N2O. The lowest BCUT2D eigenvalue weighted by atomic mass is 10.0. The number of hydrogen-bond donors (Lipinski definition) is 0. The number of aromatic nitrogens is 1. The largest absolute Gasteiger partial charge is 0.488 e. The molecule has 2 heterocycles. The molecule has 1 saturated heterocycles. The molecule has 3 aromatic rings. The van der Waals surface area contributed by atoms with Gasteiger partial charge in [-0.1, -0.05) is 30.3 Å². The molecular weight excluding hydrogens is 308 g/mol. The highest BCUT2D eigenvalue weighted by Gasteiger charge is 2.45. The van der Waals surface area contributed by atoms with Crippen molar-refractivity contribution < 1.29 is 4.74 Å². The van der Waals surface area contributed by atoms with E-state index >= 15 is 0 Å². The van der Waals surface area contributed by atoms with Crippen LogP contribution in [-0.4, -0.2) is 23.7 Å². The van der Waals surface area contributed by atoms with Crippen LogP contribution in [0.2, 0.25) is 0 Å². The zero-order valence-electron chi connectivity index (χ0n) is 14.2. The summed E-state index contributed by atoms with van der Waals surface area (Å²) in [6.07, 6.45) is 7.72. The van der Waals surface area contributed by atoms with Crippen LogP contribution in [-0.2, 0) is 0 Å². The number of benzene rings is 2. The second-order valence-corrected chi connectivity index (χ2v) is 7.18. The molecule has 1 aliphatic carbocycles. The molecule has 1 aromatic heterocycles. The van der Waals surface area contributed by atoms with E-state index < -0.39 is 0 Å². The molecule has 0 spiro atoms. The highest BCUT2D eigenvalue weighted by Crippen LogP contribution is 2.42. The molecule has 3 heteroatoms. The maximum absolute atomic E-state index is 6.49. The van der Waals surface area contributed by atoms with Crippen molar-refractivity contribution in [1.82, 2.24) is 4.98 Å². The molecule has 0 amide bonds. The second-order valence-electron chi connectivity index (χ2n) is 7.18. The van der Waals surface area contributed by atoms with Gasteiger partial charge in [-0.25, -0.2) is 0 Å². The Morgan fingerprint density at radius 1 is 0.880 bits per heavy atom. The van der Waals surface area contributed by atoms with Crippen molar-refractivity contribution in [1.29, 1.82) is 0 Å². The molecule has 5 rings (SSSR count). The number of nitrogens with zero attached hydrogens (tertiary/aromatic N) is 2. The van der Waals surface area contributed by atoms with E-state index in [4.69, 9.17) is 4.74 Å². The van der Waals surface area contributed by atoms with Crippen LogP contribution in [0.25, 0.3) is 10.8 Å². The maximum Gasteiger partial charge on any atom is 0.120 e. The Labute approximate surface area is 148 Å². The first-order chi connectivity index (χ1) is 12.4. The molecule has 25 heavy (non-hydrogen) atoms. The summed E-state index contributed by atoms with van der Waals surface area (Å²) in [4.78, 5) is 6.69. The molecule has 1 aliphatic heterocycles. The van der Waals surface area contributed by atoms with Gasteiger partial charge in [-0.3, -0.25) is 4.98 Å². The topological polar surface area (TPSA) is 25.4 Å². The minimum absolute atomic E-state index is 0.266. The van der Waals surface area contributed by atoms with Crippen molar-refractivity contribution in [2.45, 2.75) is 31.4 Å². The smallest absolute Gasteiger partial charge is 0.120 e. The minimum atomic E-state index is 0.266. The quantitative estimate of drug-likeness (QED) is 0.698. The molecule has 126 valence electrons. The molecule has 2 aromatic carbocycles. The summed E-state index contributed by atoms with van der Waals surface area (Å²) < 4.78 is 6.49. The average Bonchev–Trinajstić information content (AvgIpc) is 3.25. The predicted octanol–water partition coefficient (Wildman–Crippen LogP) is 4.67. The molecule has 3 nitrogen and oxygen atoms in total. The zero-order valence-corrected chi connectivity index (χ0v) is 14.2. The number of ether oxygens (including phenoxy) is 1. The van der Waals surface area contributed by atoms with Crippen molar-refractivity contribution in [2.75, 3.05) is 11.4 Å². The standard InChI is InChI=1S/C22H22N2O/c1-2-4-18-15-20(7-5-16(18)3-1)25-21-8-6-17-11-14-24(22(17)21)19-9-12-23-13-10-19/h1-5,7,9-10,12-13,15,17,21-22H,6,8,11,14H2/t17-,21+,22+/m1/s1. The van der Waals surface area contributed by atoms with Gasteiger partial charge in [0.25, 0.3) is 0 Å². The van der Waals surface area contributed by atoms with E-state index in [-0.39, 0.29) is 6.10 Å². The Kier molecular flexibility index (Phi) is 3.58. The summed E-state index contributed by atoms with van der Waals surface area (Å²) in [7, 11) is 0. The van der Waals surface area contributed by atoms with Crippen molar-refractivity contribution in [3.8, 4) is 5.75 Å². The van der Waals surface area contributed by atoms with Crippen LogP contribution in [0.15, 0.2) is 67.0 Å². The van der Waals surface area contributed by atoms with E-state index in [2.05, 4.69) is 64.5 Å². The van der Waals surface area contributed by atoms with Gasteiger partial charge in [0.15, 0.2) is 0 Å². The molecule has 0 radical (unpaired) electrons. The van der Waals surface area contributed by atoms with Crippen LogP contribution < -0.4 is 9.64 Å². The van der Waals surface area contributed by atoms with Crippen molar-refractivity contribution in [3.63, 3.8) is 0 Å². The minimum Gasteiger partial charge on any atom is -0.488 e.